The molecule has 1 aliphatic carbocycles. The lowest BCUT2D eigenvalue weighted by atomic mass is 10.1. The Bertz CT molecular complexity index is 1360. The van der Waals surface area contributed by atoms with Crippen molar-refractivity contribution in [3.05, 3.63) is 54.4 Å². The number of hydrogen-bond acceptors (Lipinski definition) is 7. The molecule has 1 saturated carbocycles. The molecule has 1 atom stereocenters. The van der Waals surface area contributed by atoms with Crippen LogP contribution in [0, 0.1) is 5.95 Å². The number of carbonyl (C=O) groups excluding carboxylic acids is 1. The number of aromatic nitrogens is 6. The molecule has 174 valence electrons. The smallest absolute Gasteiger partial charge is 0.247 e. The fraction of sp³-hybridized carbons (Fsp3) is 0.348. The number of nitrogens with zero attached hydrogens (tertiary/aromatic N) is 6. The van der Waals surface area contributed by atoms with E-state index >= 15 is 0 Å². The molecule has 5 heterocycles. The summed E-state index contributed by atoms with van der Waals surface area (Å²) in [6.45, 7) is 2.87. The van der Waals surface area contributed by atoms with E-state index in [1.165, 1.54) is 18.3 Å². The number of aromatic amines is 1. The molecule has 1 amide bonds. The second-order valence-corrected chi connectivity index (χ2v) is 9.16. The molecule has 4 aromatic rings. The fourth-order valence-corrected chi connectivity index (χ4v) is 4.36. The monoisotopic (exact) mass is 461 g/mol. The van der Waals surface area contributed by atoms with Gasteiger partial charge in [0.05, 0.1) is 11.9 Å². The van der Waals surface area contributed by atoms with E-state index in [1.54, 1.807) is 4.52 Å². The number of rotatable bonds is 6. The van der Waals surface area contributed by atoms with E-state index in [9.17, 15) is 9.18 Å². The Kier molecular flexibility index (Phi) is 4.71. The maximum atomic E-state index is 13.1. The van der Waals surface area contributed by atoms with E-state index in [0.717, 1.165) is 30.5 Å². The molecule has 34 heavy (non-hydrogen) atoms. The van der Waals surface area contributed by atoms with Gasteiger partial charge in [-0.05, 0) is 49.9 Å². The molecule has 0 spiro atoms. The van der Waals surface area contributed by atoms with Crippen molar-refractivity contribution in [3.63, 3.8) is 0 Å². The van der Waals surface area contributed by atoms with Crippen molar-refractivity contribution < 1.29 is 9.18 Å². The first kappa shape index (κ1) is 20.6. The molecule has 4 aromatic heterocycles. The molecular formula is C23H24FN9O. The van der Waals surface area contributed by atoms with Crippen molar-refractivity contribution >= 4 is 34.7 Å². The number of halogens is 1. The summed E-state index contributed by atoms with van der Waals surface area (Å²) >= 11 is 0. The number of anilines is 4. The van der Waals surface area contributed by atoms with E-state index in [2.05, 4.69) is 37.8 Å². The van der Waals surface area contributed by atoms with Gasteiger partial charge >= 0.3 is 0 Å². The van der Waals surface area contributed by atoms with Crippen LogP contribution in [0.1, 0.15) is 38.3 Å². The van der Waals surface area contributed by atoms with Crippen LogP contribution in [0.2, 0.25) is 0 Å². The molecule has 0 unspecified atom stereocenters. The molecule has 0 radical (unpaired) electrons. The first-order valence-electron chi connectivity index (χ1n) is 11.4. The van der Waals surface area contributed by atoms with Crippen LogP contribution in [0.5, 0.6) is 0 Å². The van der Waals surface area contributed by atoms with Crippen LogP contribution in [0.15, 0.2) is 42.7 Å². The minimum Gasteiger partial charge on any atom is -0.327 e. The summed E-state index contributed by atoms with van der Waals surface area (Å²) in [5.41, 5.74) is 2.55. The maximum Gasteiger partial charge on any atom is 0.247 e. The third kappa shape index (κ3) is 3.72. The van der Waals surface area contributed by atoms with Gasteiger partial charge in [-0.25, -0.2) is 9.50 Å². The van der Waals surface area contributed by atoms with Crippen molar-refractivity contribution in [3.8, 4) is 0 Å². The zero-order chi connectivity index (χ0) is 23.3. The molecule has 10 nitrogen and oxygen atoms in total. The molecular weight excluding hydrogens is 437 g/mol. The van der Waals surface area contributed by atoms with E-state index in [0.29, 0.717) is 36.2 Å². The molecule has 0 bridgehead atoms. The minimum absolute atomic E-state index is 0.185. The van der Waals surface area contributed by atoms with Gasteiger partial charge in [-0.15, -0.1) is 5.10 Å². The second kappa shape index (κ2) is 7.79. The van der Waals surface area contributed by atoms with Crippen LogP contribution in [-0.2, 0) is 10.2 Å². The summed E-state index contributed by atoms with van der Waals surface area (Å²) in [5.74, 6) is 0.958. The van der Waals surface area contributed by atoms with Crippen LogP contribution in [-0.4, -0.2) is 48.3 Å². The topological polar surface area (TPSA) is 116 Å². The number of H-pyrrole nitrogens is 1. The van der Waals surface area contributed by atoms with Crippen molar-refractivity contribution in [2.24, 2.45) is 0 Å². The van der Waals surface area contributed by atoms with E-state index in [1.807, 2.05) is 29.3 Å². The summed E-state index contributed by atoms with van der Waals surface area (Å²) in [4.78, 5) is 23.3. The van der Waals surface area contributed by atoms with E-state index in [4.69, 9.17) is 4.98 Å². The van der Waals surface area contributed by atoms with Gasteiger partial charge in [-0.3, -0.25) is 9.89 Å². The normalized spacial score (nSPS) is 18.9. The van der Waals surface area contributed by atoms with Crippen molar-refractivity contribution in [1.82, 2.24) is 29.8 Å². The van der Waals surface area contributed by atoms with Crippen LogP contribution in [0.3, 0.4) is 0 Å². The zero-order valence-corrected chi connectivity index (χ0v) is 18.6. The lowest BCUT2D eigenvalue weighted by molar-refractivity contribution is -0.117. The Labute approximate surface area is 194 Å². The molecule has 1 saturated heterocycles. The lowest BCUT2D eigenvalue weighted by Crippen LogP contribution is -2.41. The van der Waals surface area contributed by atoms with Gasteiger partial charge in [0.1, 0.15) is 11.6 Å². The highest BCUT2D eigenvalue weighted by Gasteiger charge is 2.40. The Morgan fingerprint density at radius 1 is 1.29 bits per heavy atom. The van der Waals surface area contributed by atoms with Crippen LogP contribution < -0.4 is 15.5 Å². The number of hydrogen-bond donors (Lipinski definition) is 3. The number of pyridine rings is 1. The fourth-order valence-electron chi connectivity index (χ4n) is 4.36. The molecule has 2 aliphatic rings. The predicted molar refractivity (Wildman–Crippen MR) is 125 cm³/mol. The number of nitrogens with one attached hydrogen (secondary N) is 3. The molecule has 3 N–H and O–H groups in total. The summed E-state index contributed by atoms with van der Waals surface area (Å²) in [6, 6.07) is 8.11. The molecule has 6 rings (SSSR count). The quantitative estimate of drug-likeness (QED) is 0.377. The predicted octanol–water partition coefficient (Wildman–Crippen LogP) is 3.39. The molecule has 1 aliphatic heterocycles. The summed E-state index contributed by atoms with van der Waals surface area (Å²) in [5, 5.41) is 18.3. The Morgan fingerprint density at radius 2 is 2.18 bits per heavy atom. The SMILES string of the molecule is CC1(c2cc(Nc3nc(N4CCC[C@H]4C(=O)Nc4ccc(F)nc4)nn4cccc34)n[nH]2)CC1. The Morgan fingerprint density at radius 3 is 2.97 bits per heavy atom. The molecule has 11 heteroatoms. The standard InChI is InChI=1S/C23H24FN9O/c1-23(8-9-23)17-12-19(30-29-17)27-20-15-4-3-11-33(15)31-22(28-20)32-10-2-5-16(32)21(34)26-14-6-7-18(24)25-13-14/h3-4,6-7,11-13,16H,2,5,8-10H2,1H3,(H,26,34)(H2,27,28,29,30,31)/t16-/m0/s1. The summed E-state index contributed by atoms with van der Waals surface area (Å²) in [7, 11) is 0. The van der Waals surface area contributed by atoms with Gasteiger partial charge in [0.2, 0.25) is 17.8 Å². The van der Waals surface area contributed by atoms with E-state index in [-0.39, 0.29) is 11.3 Å². The van der Waals surface area contributed by atoms with Gasteiger partial charge in [0, 0.05) is 29.9 Å². The van der Waals surface area contributed by atoms with Crippen molar-refractivity contribution in [2.75, 3.05) is 22.1 Å². The average molecular weight is 462 g/mol. The largest absolute Gasteiger partial charge is 0.327 e. The van der Waals surface area contributed by atoms with Crippen LogP contribution >= 0.6 is 0 Å². The minimum atomic E-state index is -0.593. The third-order valence-electron chi connectivity index (χ3n) is 6.66. The highest BCUT2D eigenvalue weighted by molar-refractivity contribution is 5.97. The summed E-state index contributed by atoms with van der Waals surface area (Å²) < 4.78 is 14.9. The average Bonchev–Trinajstić information content (AvgIpc) is 3.29. The summed E-state index contributed by atoms with van der Waals surface area (Å²) in [6.07, 6.45) is 6.96. The van der Waals surface area contributed by atoms with E-state index < -0.39 is 12.0 Å². The highest BCUT2D eigenvalue weighted by atomic mass is 19.1. The molecule has 2 fully saturated rings. The van der Waals surface area contributed by atoms with Crippen LogP contribution in [0.4, 0.5) is 27.7 Å². The van der Waals surface area contributed by atoms with Gasteiger partial charge < -0.3 is 15.5 Å². The van der Waals surface area contributed by atoms with Gasteiger partial charge in [0.25, 0.3) is 0 Å². The number of carbonyl (C=O) groups is 1. The first-order valence-corrected chi connectivity index (χ1v) is 11.4. The number of fused-ring (bicyclic) bond motifs is 1. The Hall–Kier alpha value is -4.02. The first-order chi connectivity index (χ1) is 16.5. The van der Waals surface area contributed by atoms with Gasteiger partial charge in [-0.1, -0.05) is 6.92 Å². The third-order valence-corrected chi connectivity index (χ3v) is 6.66. The zero-order valence-electron chi connectivity index (χ0n) is 18.6. The lowest BCUT2D eigenvalue weighted by Gasteiger charge is -2.24. The maximum absolute atomic E-state index is 13.1. The van der Waals surface area contributed by atoms with Crippen molar-refractivity contribution in [2.45, 2.75) is 44.1 Å². The molecule has 0 aromatic carbocycles. The second-order valence-electron chi connectivity index (χ2n) is 9.16. The van der Waals surface area contributed by atoms with Crippen molar-refractivity contribution in [1.29, 1.82) is 0 Å². The van der Waals surface area contributed by atoms with Crippen LogP contribution in [0.25, 0.3) is 5.52 Å². The number of amides is 1. The highest BCUT2D eigenvalue weighted by Crippen LogP contribution is 2.47. The van der Waals surface area contributed by atoms with Gasteiger partial charge in [-0.2, -0.15) is 14.5 Å². The Balaban J connectivity index is 1.27. The van der Waals surface area contributed by atoms with Gasteiger partial charge in [0.15, 0.2) is 11.6 Å².